The molecule has 0 saturated heterocycles. The maximum atomic E-state index is 12.3. The fourth-order valence-electron chi connectivity index (χ4n) is 2.88. The molecule has 4 heteroatoms. The molecule has 1 aromatic heterocycles. The first kappa shape index (κ1) is 16.0. The molecule has 0 aliphatic rings. The predicted octanol–water partition coefficient (Wildman–Crippen LogP) is 3.64. The van der Waals surface area contributed by atoms with Gasteiger partial charge < -0.3 is 9.88 Å². The van der Waals surface area contributed by atoms with Crippen LogP contribution in [0.5, 0.6) is 0 Å². The predicted molar refractivity (Wildman–Crippen MR) is 96.6 cm³/mol. The van der Waals surface area contributed by atoms with Gasteiger partial charge in [-0.1, -0.05) is 48.5 Å². The van der Waals surface area contributed by atoms with Crippen LogP contribution in [0.2, 0.25) is 0 Å². The van der Waals surface area contributed by atoms with Crippen molar-refractivity contribution >= 4 is 16.9 Å². The smallest absolute Gasteiger partial charge is 0.224 e. The first-order valence-electron chi connectivity index (χ1n) is 8.08. The van der Waals surface area contributed by atoms with E-state index < -0.39 is 0 Å². The molecule has 0 aliphatic carbocycles. The summed E-state index contributed by atoms with van der Waals surface area (Å²) in [6.07, 6.45) is 2.21. The third kappa shape index (κ3) is 3.38. The molecule has 0 spiro atoms. The average molecular weight is 319 g/mol. The number of hydrogen-bond donors (Lipinski definition) is 1. The van der Waals surface area contributed by atoms with Gasteiger partial charge in [-0.2, -0.15) is 0 Å². The van der Waals surface area contributed by atoms with E-state index in [9.17, 15) is 4.79 Å². The minimum atomic E-state index is -0.173. The number of aromatic nitrogens is 2. The monoisotopic (exact) mass is 319 g/mol. The van der Waals surface area contributed by atoms with Gasteiger partial charge in [0, 0.05) is 6.54 Å². The number of fused-ring (bicyclic) bond motifs is 1. The van der Waals surface area contributed by atoms with Crippen LogP contribution in [0.25, 0.3) is 11.0 Å². The molecule has 3 rings (SSSR count). The summed E-state index contributed by atoms with van der Waals surface area (Å²) >= 11 is 0. The van der Waals surface area contributed by atoms with Crippen LogP contribution in [0, 0.1) is 0 Å². The van der Waals surface area contributed by atoms with Crippen LogP contribution in [-0.4, -0.2) is 15.5 Å². The Labute approximate surface area is 141 Å². The van der Waals surface area contributed by atoms with Gasteiger partial charge in [0.25, 0.3) is 0 Å². The Balaban J connectivity index is 1.80. The minimum absolute atomic E-state index is 0.00842. The normalized spacial score (nSPS) is 12.0. The van der Waals surface area contributed by atoms with Crippen molar-refractivity contribution in [3.63, 3.8) is 0 Å². The van der Waals surface area contributed by atoms with Crippen LogP contribution < -0.4 is 5.32 Å². The standard InChI is InChI=1S/C20H21N3O/c1-3-13-23-18-12-8-7-11-17(18)22-20(23)15(2)21-19(24)14-16-9-5-4-6-10-16/h3-12,15H,1,13-14H2,2H3,(H,21,24)/t15-/m1/s1. The van der Waals surface area contributed by atoms with Gasteiger partial charge in [-0.05, 0) is 24.6 Å². The van der Waals surface area contributed by atoms with E-state index >= 15 is 0 Å². The number of nitrogens with one attached hydrogen (secondary N) is 1. The lowest BCUT2D eigenvalue weighted by atomic mass is 10.1. The Morgan fingerprint density at radius 1 is 1.21 bits per heavy atom. The summed E-state index contributed by atoms with van der Waals surface area (Å²) < 4.78 is 2.09. The summed E-state index contributed by atoms with van der Waals surface area (Å²) in [4.78, 5) is 17.0. The van der Waals surface area contributed by atoms with Crippen LogP contribution in [0.15, 0.2) is 67.3 Å². The molecule has 2 aromatic carbocycles. The zero-order valence-electron chi connectivity index (χ0n) is 13.8. The second kappa shape index (κ2) is 7.13. The number of amides is 1. The molecule has 1 N–H and O–H groups in total. The molecular weight excluding hydrogens is 298 g/mol. The molecule has 4 nitrogen and oxygen atoms in total. The second-order valence-corrected chi connectivity index (χ2v) is 5.81. The summed E-state index contributed by atoms with van der Waals surface area (Å²) in [5.74, 6) is 0.837. The molecule has 0 bridgehead atoms. The molecule has 3 aromatic rings. The van der Waals surface area contributed by atoms with E-state index in [0.717, 1.165) is 22.4 Å². The van der Waals surface area contributed by atoms with Crippen LogP contribution in [0.1, 0.15) is 24.4 Å². The molecular formula is C20H21N3O. The molecule has 0 aliphatic heterocycles. The molecule has 0 fully saturated rings. The van der Waals surface area contributed by atoms with Crippen molar-refractivity contribution in [1.82, 2.24) is 14.9 Å². The van der Waals surface area contributed by atoms with Crippen LogP contribution in [0.3, 0.4) is 0 Å². The quantitative estimate of drug-likeness (QED) is 0.705. The van der Waals surface area contributed by atoms with Crippen molar-refractivity contribution in [2.75, 3.05) is 0 Å². The van der Waals surface area contributed by atoms with Gasteiger partial charge in [-0.3, -0.25) is 4.79 Å². The number of nitrogens with zero attached hydrogens (tertiary/aromatic N) is 2. The maximum absolute atomic E-state index is 12.3. The molecule has 0 radical (unpaired) electrons. The molecule has 1 amide bonds. The SMILES string of the molecule is C=CCn1c([C@@H](C)NC(=O)Cc2ccccc2)nc2ccccc21. The van der Waals surface area contributed by atoms with Crippen molar-refractivity contribution in [3.8, 4) is 0 Å². The average Bonchev–Trinajstić information content (AvgIpc) is 2.95. The number of carbonyl (C=O) groups excluding carboxylic acids is 1. The lowest BCUT2D eigenvalue weighted by molar-refractivity contribution is -0.121. The van der Waals surface area contributed by atoms with Crippen molar-refractivity contribution in [2.45, 2.75) is 25.9 Å². The highest BCUT2D eigenvalue weighted by Crippen LogP contribution is 2.21. The summed E-state index contributed by atoms with van der Waals surface area (Å²) in [6.45, 7) is 6.45. The number of hydrogen-bond acceptors (Lipinski definition) is 2. The van der Waals surface area contributed by atoms with E-state index in [2.05, 4.69) is 16.5 Å². The van der Waals surface area contributed by atoms with E-state index in [-0.39, 0.29) is 11.9 Å². The van der Waals surface area contributed by atoms with Crippen molar-refractivity contribution < 1.29 is 4.79 Å². The number of allylic oxidation sites excluding steroid dienone is 1. The Kier molecular flexibility index (Phi) is 4.75. The van der Waals surface area contributed by atoms with E-state index in [0.29, 0.717) is 13.0 Å². The van der Waals surface area contributed by atoms with Crippen LogP contribution in [-0.2, 0) is 17.8 Å². The third-order valence-electron chi connectivity index (χ3n) is 3.97. The summed E-state index contributed by atoms with van der Waals surface area (Å²) in [7, 11) is 0. The van der Waals surface area contributed by atoms with Crippen LogP contribution >= 0.6 is 0 Å². The highest BCUT2D eigenvalue weighted by atomic mass is 16.1. The van der Waals surface area contributed by atoms with Gasteiger partial charge in [0.15, 0.2) is 0 Å². The fraction of sp³-hybridized carbons (Fsp3) is 0.200. The zero-order valence-corrected chi connectivity index (χ0v) is 13.8. The first-order valence-corrected chi connectivity index (χ1v) is 8.08. The Morgan fingerprint density at radius 2 is 1.92 bits per heavy atom. The van der Waals surface area contributed by atoms with Gasteiger partial charge in [0.2, 0.25) is 5.91 Å². The molecule has 122 valence electrons. The van der Waals surface area contributed by atoms with Gasteiger partial charge in [0.05, 0.1) is 23.5 Å². The largest absolute Gasteiger partial charge is 0.346 e. The molecule has 1 heterocycles. The summed E-state index contributed by atoms with van der Waals surface area (Å²) in [5.41, 5.74) is 2.98. The fourth-order valence-corrected chi connectivity index (χ4v) is 2.88. The van der Waals surface area contributed by atoms with Crippen molar-refractivity contribution in [1.29, 1.82) is 0 Å². The highest BCUT2D eigenvalue weighted by Gasteiger charge is 2.17. The zero-order chi connectivity index (χ0) is 16.9. The summed E-state index contributed by atoms with van der Waals surface area (Å²) in [6, 6.07) is 17.5. The Bertz CT molecular complexity index is 852. The number of para-hydroxylation sites is 2. The van der Waals surface area contributed by atoms with Crippen molar-refractivity contribution in [2.24, 2.45) is 0 Å². The molecule has 1 atom stereocenters. The maximum Gasteiger partial charge on any atom is 0.224 e. The topological polar surface area (TPSA) is 46.9 Å². The third-order valence-corrected chi connectivity index (χ3v) is 3.97. The van der Waals surface area contributed by atoms with E-state index in [1.54, 1.807) is 0 Å². The number of rotatable bonds is 6. The molecule has 24 heavy (non-hydrogen) atoms. The van der Waals surface area contributed by atoms with Gasteiger partial charge in [-0.25, -0.2) is 4.98 Å². The van der Waals surface area contributed by atoms with Gasteiger partial charge in [-0.15, -0.1) is 6.58 Å². The summed E-state index contributed by atoms with van der Waals surface area (Å²) in [5, 5.41) is 3.05. The minimum Gasteiger partial charge on any atom is -0.346 e. The lowest BCUT2D eigenvalue weighted by Crippen LogP contribution is -2.30. The van der Waals surface area contributed by atoms with Crippen LogP contribution in [0.4, 0.5) is 0 Å². The number of imidazole rings is 1. The first-order chi connectivity index (χ1) is 11.7. The van der Waals surface area contributed by atoms with Gasteiger partial charge in [0.1, 0.15) is 5.82 Å². The van der Waals surface area contributed by atoms with E-state index in [4.69, 9.17) is 4.98 Å². The lowest BCUT2D eigenvalue weighted by Gasteiger charge is -2.15. The van der Waals surface area contributed by atoms with Crippen molar-refractivity contribution in [3.05, 3.63) is 78.6 Å². The second-order valence-electron chi connectivity index (χ2n) is 5.81. The Morgan fingerprint density at radius 3 is 2.67 bits per heavy atom. The number of carbonyl (C=O) groups is 1. The highest BCUT2D eigenvalue weighted by molar-refractivity contribution is 5.79. The molecule has 0 unspecified atom stereocenters. The number of benzene rings is 2. The molecule has 0 saturated carbocycles. The van der Waals surface area contributed by atoms with Gasteiger partial charge >= 0.3 is 0 Å². The Hall–Kier alpha value is -2.88. The van der Waals surface area contributed by atoms with E-state index in [1.165, 1.54) is 0 Å². The van der Waals surface area contributed by atoms with E-state index in [1.807, 2.05) is 67.6 Å².